The van der Waals surface area contributed by atoms with Gasteiger partial charge in [-0.1, -0.05) is 18.8 Å². The molecule has 0 aromatic carbocycles. The van der Waals surface area contributed by atoms with E-state index < -0.39 is 8.80 Å². The van der Waals surface area contributed by atoms with Crippen LogP contribution in [-0.2, 0) is 18.0 Å². The van der Waals surface area contributed by atoms with Crippen LogP contribution in [-0.4, -0.2) is 42.8 Å². The van der Waals surface area contributed by atoms with Gasteiger partial charge < -0.3 is 18.0 Å². The second-order valence-electron chi connectivity index (χ2n) is 5.39. The van der Waals surface area contributed by atoms with Crippen molar-refractivity contribution in [1.82, 2.24) is 0 Å². The van der Waals surface area contributed by atoms with Crippen molar-refractivity contribution >= 4 is 8.80 Å². The molecule has 1 rings (SSSR count). The van der Waals surface area contributed by atoms with Crippen molar-refractivity contribution in [2.75, 3.05) is 27.9 Å². The molecular weight excluding hydrogens is 284 g/mol. The lowest BCUT2D eigenvalue weighted by atomic mass is 10.1. The van der Waals surface area contributed by atoms with Gasteiger partial charge in [0, 0.05) is 40.4 Å². The van der Waals surface area contributed by atoms with Gasteiger partial charge in [-0.25, -0.2) is 0 Å². The molecule has 0 aromatic rings. The summed E-state index contributed by atoms with van der Waals surface area (Å²) in [5.74, 6) is 6.45. The summed E-state index contributed by atoms with van der Waals surface area (Å²) in [6.07, 6.45) is 9.22. The predicted molar refractivity (Wildman–Crippen MR) is 86.0 cm³/mol. The first-order valence-electron chi connectivity index (χ1n) is 8.02. The molecule has 0 aromatic heterocycles. The molecule has 0 heterocycles. The molecule has 0 saturated carbocycles. The van der Waals surface area contributed by atoms with Gasteiger partial charge in [0.2, 0.25) is 0 Å². The van der Waals surface area contributed by atoms with Gasteiger partial charge in [-0.3, -0.25) is 0 Å². The number of ether oxygens (including phenoxy) is 1. The minimum Gasteiger partial charge on any atom is -0.377 e. The summed E-state index contributed by atoms with van der Waals surface area (Å²) in [6.45, 7) is 0.793. The van der Waals surface area contributed by atoms with Crippen LogP contribution in [0, 0.1) is 11.8 Å². The highest BCUT2D eigenvalue weighted by molar-refractivity contribution is 6.60. The highest BCUT2D eigenvalue weighted by Crippen LogP contribution is 2.17. The highest BCUT2D eigenvalue weighted by atomic mass is 28.4. The molecule has 4 nitrogen and oxygen atoms in total. The van der Waals surface area contributed by atoms with Crippen molar-refractivity contribution in [3.63, 3.8) is 0 Å². The fourth-order valence-corrected chi connectivity index (χ4v) is 4.30. The monoisotopic (exact) mass is 314 g/mol. The zero-order valence-corrected chi connectivity index (χ0v) is 14.8. The predicted octanol–water partition coefficient (Wildman–Crippen LogP) is 3.39. The Morgan fingerprint density at radius 1 is 0.952 bits per heavy atom. The smallest absolute Gasteiger partial charge is 0.377 e. The fourth-order valence-electron chi connectivity index (χ4n) is 2.51. The lowest BCUT2D eigenvalue weighted by molar-refractivity contribution is 0.0796. The Morgan fingerprint density at radius 3 is 2.43 bits per heavy atom. The lowest BCUT2D eigenvalue weighted by Crippen LogP contribution is -2.42. The van der Waals surface area contributed by atoms with Gasteiger partial charge in [-0.2, -0.15) is 0 Å². The highest BCUT2D eigenvalue weighted by Gasteiger charge is 2.36. The van der Waals surface area contributed by atoms with Crippen molar-refractivity contribution in [3.8, 4) is 11.8 Å². The van der Waals surface area contributed by atoms with Crippen molar-refractivity contribution in [1.29, 1.82) is 0 Å². The maximum absolute atomic E-state index is 5.87. The molecule has 0 spiro atoms. The Kier molecular flexibility index (Phi) is 9.97. The average Bonchev–Trinajstić information content (AvgIpc) is 2.49. The molecule has 0 saturated heterocycles. The average molecular weight is 314 g/mol. The topological polar surface area (TPSA) is 36.9 Å². The Balaban J connectivity index is 2.11. The van der Waals surface area contributed by atoms with Gasteiger partial charge in [0.05, 0.1) is 0 Å². The second-order valence-corrected chi connectivity index (χ2v) is 8.48. The fraction of sp³-hybridized carbons (Fsp3) is 0.875. The first kappa shape index (κ1) is 18.7. The van der Waals surface area contributed by atoms with Gasteiger partial charge in [-0.05, 0) is 32.1 Å². The van der Waals surface area contributed by atoms with Gasteiger partial charge in [0.15, 0.2) is 0 Å². The Bertz CT molecular complexity index is 312. The van der Waals surface area contributed by atoms with Crippen LogP contribution < -0.4 is 0 Å². The van der Waals surface area contributed by atoms with E-state index >= 15 is 0 Å². The van der Waals surface area contributed by atoms with E-state index in [9.17, 15) is 0 Å². The molecule has 0 fully saturated rings. The Hall–Kier alpha value is -0.383. The molecule has 5 heteroatoms. The summed E-state index contributed by atoms with van der Waals surface area (Å²) in [5.41, 5.74) is 0. The Morgan fingerprint density at radius 2 is 1.71 bits per heavy atom. The third kappa shape index (κ3) is 7.43. The quantitative estimate of drug-likeness (QED) is 0.352. The number of rotatable bonds is 10. The molecular formula is C16H30O4Si. The molecule has 1 atom stereocenters. The largest absolute Gasteiger partial charge is 0.500 e. The minimum atomic E-state index is -2.39. The van der Waals surface area contributed by atoms with E-state index in [1.54, 1.807) is 21.3 Å². The summed E-state index contributed by atoms with van der Waals surface area (Å²) < 4.78 is 22.1. The van der Waals surface area contributed by atoms with Gasteiger partial charge in [-0.15, -0.1) is 5.92 Å². The van der Waals surface area contributed by atoms with E-state index in [1.165, 1.54) is 19.3 Å². The van der Waals surface area contributed by atoms with E-state index in [0.29, 0.717) is 0 Å². The van der Waals surface area contributed by atoms with E-state index in [1.807, 2.05) is 0 Å². The normalized spacial score (nSPS) is 19.5. The molecule has 0 N–H and O–H groups in total. The van der Waals surface area contributed by atoms with Crippen molar-refractivity contribution in [2.45, 2.75) is 63.5 Å². The zero-order valence-electron chi connectivity index (χ0n) is 13.8. The Labute approximate surface area is 130 Å². The van der Waals surface area contributed by atoms with Crippen LogP contribution in [0.25, 0.3) is 0 Å². The third-order valence-corrected chi connectivity index (χ3v) is 6.74. The number of hydrogen-bond donors (Lipinski definition) is 0. The molecule has 1 aliphatic rings. The summed E-state index contributed by atoms with van der Waals surface area (Å²) in [4.78, 5) is 0. The molecule has 0 amide bonds. The van der Waals surface area contributed by atoms with Crippen LogP contribution in [0.3, 0.4) is 0 Å². The summed E-state index contributed by atoms with van der Waals surface area (Å²) in [7, 11) is 2.60. The molecule has 0 aliphatic heterocycles. The maximum Gasteiger partial charge on any atom is 0.500 e. The van der Waals surface area contributed by atoms with Crippen LogP contribution in [0.15, 0.2) is 0 Å². The van der Waals surface area contributed by atoms with Crippen LogP contribution >= 0.6 is 0 Å². The SMILES string of the molecule is CO[Si](CCCCCOC1C#CCCCCC1)(OC)OC. The van der Waals surface area contributed by atoms with Crippen molar-refractivity contribution in [2.24, 2.45) is 0 Å². The van der Waals surface area contributed by atoms with Gasteiger partial charge in [0.25, 0.3) is 0 Å². The minimum absolute atomic E-state index is 0.149. The molecule has 21 heavy (non-hydrogen) atoms. The van der Waals surface area contributed by atoms with E-state index in [0.717, 1.165) is 44.8 Å². The molecule has 1 aliphatic carbocycles. The molecule has 122 valence electrons. The molecule has 1 unspecified atom stereocenters. The van der Waals surface area contributed by atoms with Crippen LogP contribution in [0.1, 0.15) is 51.4 Å². The summed E-state index contributed by atoms with van der Waals surface area (Å²) >= 11 is 0. The lowest BCUT2D eigenvalue weighted by Gasteiger charge is -2.24. The first-order chi connectivity index (χ1) is 10.3. The summed E-state index contributed by atoms with van der Waals surface area (Å²) in [6, 6.07) is 0.861. The van der Waals surface area contributed by atoms with Crippen molar-refractivity contribution in [3.05, 3.63) is 0 Å². The number of unbranched alkanes of at least 4 members (excludes halogenated alkanes) is 2. The first-order valence-corrected chi connectivity index (χ1v) is 9.95. The van der Waals surface area contributed by atoms with Crippen LogP contribution in [0.5, 0.6) is 0 Å². The van der Waals surface area contributed by atoms with Crippen LogP contribution in [0.2, 0.25) is 6.04 Å². The van der Waals surface area contributed by atoms with Gasteiger partial charge in [0.1, 0.15) is 6.10 Å². The number of hydrogen-bond acceptors (Lipinski definition) is 4. The third-order valence-electron chi connectivity index (χ3n) is 3.91. The van der Waals surface area contributed by atoms with E-state index in [-0.39, 0.29) is 6.10 Å². The molecule has 0 bridgehead atoms. The second kappa shape index (κ2) is 11.2. The molecule has 0 radical (unpaired) electrons. The van der Waals surface area contributed by atoms with E-state index in [2.05, 4.69) is 11.8 Å². The van der Waals surface area contributed by atoms with Crippen LogP contribution in [0.4, 0.5) is 0 Å². The maximum atomic E-state index is 5.87. The van der Waals surface area contributed by atoms with Gasteiger partial charge >= 0.3 is 8.80 Å². The van der Waals surface area contributed by atoms with E-state index in [4.69, 9.17) is 18.0 Å². The zero-order chi connectivity index (χ0) is 15.4. The standard InChI is InChI=1S/C16H30O4Si/c1-17-21(18-2,19-3)15-11-7-10-14-20-16-12-8-5-4-6-9-13-16/h16H,4-8,10-12,14-15H2,1-3H3. The summed E-state index contributed by atoms with van der Waals surface area (Å²) in [5, 5.41) is 0. The van der Waals surface area contributed by atoms with Crippen molar-refractivity contribution < 1.29 is 18.0 Å².